The van der Waals surface area contributed by atoms with Gasteiger partial charge < -0.3 is 10.4 Å². The molecular weight excluding hydrogens is 232 g/mol. The van der Waals surface area contributed by atoms with E-state index >= 15 is 0 Å². The first-order valence-corrected chi connectivity index (χ1v) is 6.17. The van der Waals surface area contributed by atoms with Crippen LogP contribution in [0.15, 0.2) is 24.3 Å². The molecule has 0 unspecified atom stereocenters. The van der Waals surface area contributed by atoms with Crippen LogP contribution >= 0.6 is 0 Å². The lowest BCUT2D eigenvalue weighted by molar-refractivity contribution is -0.384. The van der Waals surface area contributed by atoms with Gasteiger partial charge in [-0.1, -0.05) is 19.1 Å². The van der Waals surface area contributed by atoms with Crippen molar-refractivity contribution in [2.45, 2.75) is 38.5 Å². The predicted molar refractivity (Wildman–Crippen MR) is 68.2 cm³/mol. The smallest absolute Gasteiger partial charge is 0.269 e. The molecule has 5 heteroatoms. The molecule has 5 nitrogen and oxygen atoms in total. The average molecular weight is 250 g/mol. The molecule has 1 aliphatic heterocycles. The van der Waals surface area contributed by atoms with Gasteiger partial charge >= 0.3 is 0 Å². The van der Waals surface area contributed by atoms with Crippen LogP contribution in [-0.2, 0) is 0 Å². The number of non-ortho nitro benzene ring substituents is 1. The molecule has 0 aromatic heterocycles. The summed E-state index contributed by atoms with van der Waals surface area (Å²) in [6.45, 7) is 4.07. The van der Waals surface area contributed by atoms with E-state index in [2.05, 4.69) is 5.32 Å². The molecular formula is C13H18N2O3. The van der Waals surface area contributed by atoms with Crippen LogP contribution in [0.3, 0.4) is 0 Å². The molecule has 0 amide bonds. The van der Waals surface area contributed by atoms with E-state index in [1.54, 1.807) is 12.1 Å². The molecule has 0 bridgehead atoms. The molecule has 1 aromatic rings. The highest BCUT2D eigenvalue weighted by Gasteiger charge is 2.31. The number of hydrogen-bond donors (Lipinski definition) is 2. The molecule has 4 atom stereocenters. The first kappa shape index (κ1) is 13.0. The van der Waals surface area contributed by atoms with Gasteiger partial charge in [0.25, 0.3) is 5.69 Å². The normalized spacial score (nSPS) is 32.2. The number of nitro groups is 1. The van der Waals surface area contributed by atoms with E-state index in [4.69, 9.17) is 0 Å². The molecule has 0 spiro atoms. The highest BCUT2D eigenvalue weighted by molar-refractivity contribution is 5.34. The Morgan fingerprint density at radius 2 is 1.94 bits per heavy atom. The van der Waals surface area contributed by atoms with Gasteiger partial charge in [0, 0.05) is 24.2 Å². The molecule has 0 aliphatic carbocycles. The van der Waals surface area contributed by atoms with Crippen LogP contribution in [0.5, 0.6) is 0 Å². The maximum atomic E-state index is 10.6. The van der Waals surface area contributed by atoms with E-state index in [0.717, 1.165) is 5.56 Å². The summed E-state index contributed by atoms with van der Waals surface area (Å²) in [6, 6.07) is 6.82. The summed E-state index contributed by atoms with van der Waals surface area (Å²) < 4.78 is 0. The van der Waals surface area contributed by atoms with Crippen LogP contribution in [0.25, 0.3) is 0 Å². The third kappa shape index (κ3) is 2.52. The Balaban J connectivity index is 2.14. The highest BCUT2D eigenvalue weighted by Crippen LogP contribution is 2.30. The van der Waals surface area contributed by atoms with Crippen LogP contribution in [0.4, 0.5) is 5.69 Å². The maximum Gasteiger partial charge on any atom is 0.269 e. The van der Waals surface area contributed by atoms with E-state index in [1.165, 1.54) is 12.1 Å². The van der Waals surface area contributed by atoms with Gasteiger partial charge in [0.15, 0.2) is 0 Å². The first-order valence-electron chi connectivity index (χ1n) is 6.17. The van der Waals surface area contributed by atoms with Gasteiger partial charge in [-0.2, -0.15) is 0 Å². The SMILES string of the molecule is C[C@@H]1[C@H](O)C[C@@H](c2ccc([N+](=O)[O-])cc2)N[C@H]1C. The Morgan fingerprint density at radius 1 is 1.33 bits per heavy atom. The zero-order valence-electron chi connectivity index (χ0n) is 10.5. The van der Waals surface area contributed by atoms with E-state index < -0.39 is 4.92 Å². The van der Waals surface area contributed by atoms with E-state index in [9.17, 15) is 15.2 Å². The van der Waals surface area contributed by atoms with Crippen LogP contribution < -0.4 is 5.32 Å². The second-order valence-corrected chi connectivity index (χ2v) is 5.02. The molecule has 1 heterocycles. The number of aliphatic hydroxyl groups excluding tert-OH is 1. The summed E-state index contributed by atoms with van der Waals surface area (Å²) in [6.07, 6.45) is 0.310. The molecule has 0 saturated carbocycles. The lowest BCUT2D eigenvalue weighted by Gasteiger charge is -2.37. The summed E-state index contributed by atoms with van der Waals surface area (Å²) in [5, 5.41) is 24.0. The Labute approximate surface area is 106 Å². The number of nitro benzene ring substituents is 1. The van der Waals surface area contributed by atoms with E-state index in [0.29, 0.717) is 6.42 Å². The largest absolute Gasteiger partial charge is 0.393 e. The van der Waals surface area contributed by atoms with Gasteiger partial charge in [0.2, 0.25) is 0 Å². The molecule has 18 heavy (non-hydrogen) atoms. The highest BCUT2D eigenvalue weighted by atomic mass is 16.6. The third-order valence-electron chi connectivity index (χ3n) is 3.84. The van der Waals surface area contributed by atoms with Crippen LogP contribution in [0, 0.1) is 16.0 Å². The Kier molecular flexibility index (Phi) is 3.63. The zero-order chi connectivity index (χ0) is 13.3. The second-order valence-electron chi connectivity index (χ2n) is 5.02. The Morgan fingerprint density at radius 3 is 2.44 bits per heavy atom. The van der Waals surface area contributed by atoms with Gasteiger partial charge in [-0.05, 0) is 24.8 Å². The molecule has 0 radical (unpaired) electrons. The van der Waals surface area contributed by atoms with Crippen LogP contribution in [0.2, 0.25) is 0 Å². The number of nitrogens with zero attached hydrogens (tertiary/aromatic N) is 1. The van der Waals surface area contributed by atoms with Crippen molar-refractivity contribution in [2.24, 2.45) is 5.92 Å². The van der Waals surface area contributed by atoms with Crippen molar-refractivity contribution < 1.29 is 10.0 Å². The van der Waals surface area contributed by atoms with Gasteiger partial charge in [-0.15, -0.1) is 0 Å². The maximum absolute atomic E-state index is 10.6. The molecule has 1 saturated heterocycles. The number of nitrogens with one attached hydrogen (secondary N) is 1. The summed E-state index contributed by atoms with van der Waals surface area (Å²) >= 11 is 0. The number of benzene rings is 1. The number of hydrogen-bond acceptors (Lipinski definition) is 4. The van der Waals surface area contributed by atoms with Crippen molar-refractivity contribution >= 4 is 5.69 Å². The van der Waals surface area contributed by atoms with Crippen LogP contribution in [-0.4, -0.2) is 22.2 Å². The second kappa shape index (κ2) is 5.04. The van der Waals surface area contributed by atoms with Gasteiger partial charge in [0.1, 0.15) is 0 Å². The topological polar surface area (TPSA) is 75.4 Å². The molecule has 2 rings (SSSR count). The van der Waals surface area contributed by atoms with Crippen molar-refractivity contribution in [1.82, 2.24) is 5.32 Å². The Hall–Kier alpha value is -1.46. The molecule has 2 N–H and O–H groups in total. The fourth-order valence-electron chi connectivity index (χ4n) is 2.39. The monoisotopic (exact) mass is 250 g/mol. The quantitative estimate of drug-likeness (QED) is 0.622. The predicted octanol–water partition coefficient (Wildman–Crippen LogP) is 2.01. The van der Waals surface area contributed by atoms with Crippen molar-refractivity contribution in [3.63, 3.8) is 0 Å². The number of piperidine rings is 1. The van der Waals surface area contributed by atoms with E-state index in [1.807, 2.05) is 13.8 Å². The molecule has 1 aliphatic rings. The van der Waals surface area contributed by atoms with Gasteiger partial charge in [-0.3, -0.25) is 10.1 Å². The minimum Gasteiger partial charge on any atom is -0.393 e. The summed E-state index contributed by atoms with van der Waals surface area (Å²) in [7, 11) is 0. The zero-order valence-corrected chi connectivity index (χ0v) is 10.5. The number of aliphatic hydroxyl groups is 1. The lowest BCUT2D eigenvalue weighted by atomic mass is 9.84. The van der Waals surface area contributed by atoms with Crippen molar-refractivity contribution in [3.05, 3.63) is 39.9 Å². The van der Waals surface area contributed by atoms with Crippen molar-refractivity contribution in [3.8, 4) is 0 Å². The summed E-state index contributed by atoms with van der Waals surface area (Å²) in [5.41, 5.74) is 1.08. The molecule has 98 valence electrons. The molecule has 1 aromatic carbocycles. The minimum atomic E-state index is -0.405. The van der Waals surface area contributed by atoms with Gasteiger partial charge in [0.05, 0.1) is 11.0 Å². The summed E-state index contributed by atoms with van der Waals surface area (Å²) in [5.74, 6) is 0.222. The third-order valence-corrected chi connectivity index (χ3v) is 3.84. The summed E-state index contributed by atoms with van der Waals surface area (Å²) in [4.78, 5) is 10.2. The lowest BCUT2D eigenvalue weighted by Crippen LogP contribution is -2.47. The van der Waals surface area contributed by atoms with E-state index in [-0.39, 0.29) is 29.8 Å². The van der Waals surface area contributed by atoms with Gasteiger partial charge in [-0.25, -0.2) is 0 Å². The van der Waals surface area contributed by atoms with Crippen molar-refractivity contribution in [2.75, 3.05) is 0 Å². The standard InChI is InChI=1S/C13H18N2O3/c1-8-9(2)14-12(7-13(8)16)10-3-5-11(6-4-10)15(17)18/h3-6,8-9,12-14,16H,7H2,1-2H3/t8-,9-,12-,13+/m0/s1. The van der Waals surface area contributed by atoms with Crippen molar-refractivity contribution in [1.29, 1.82) is 0 Å². The average Bonchev–Trinajstić information content (AvgIpc) is 2.35. The first-order chi connectivity index (χ1) is 8.49. The Bertz CT molecular complexity index is 420. The van der Waals surface area contributed by atoms with Crippen LogP contribution in [0.1, 0.15) is 31.9 Å². The minimum absolute atomic E-state index is 0.0620. The fraction of sp³-hybridized carbons (Fsp3) is 0.538. The molecule has 1 fully saturated rings. The fourth-order valence-corrected chi connectivity index (χ4v) is 2.39. The number of rotatable bonds is 2.